The van der Waals surface area contributed by atoms with E-state index in [1.807, 2.05) is 31.2 Å². The molecule has 1 N–H and O–H groups in total. The highest BCUT2D eigenvalue weighted by Gasteiger charge is 2.22. The molecule has 2 amide bonds. The smallest absolute Gasteiger partial charge is 0.260 e. The van der Waals surface area contributed by atoms with Crippen molar-refractivity contribution in [2.45, 2.75) is 20.0 Å². The second kappa shape index (κ2) is 8.68. The van der Waals surface area contributed by atoms with Gasteiger partial charge in [0, 0.05) is 37.9 Å². The van der Waals surface area contributed by atoms with Crippen LogP contribution in [0.1, 0.15) is 27.0 Å². The van der Waals surface area contributed by atoms with Crippen molar-refractivity contribution in [3.63, 3.8) is 0 Å². The van der Waals surface area contributed by atoms with Crippen LogP contribution in [0.15, 0.2) is 42.5 Å². The summed E-state index contributed by atoms with van der Waals surface area (Å²) in [5.74, 6) is 0.393. The van der Waals surface area contributed by atoms with Gasteiger partial charge in [-0.25, -0.2) is 0 Å². The molecule has 0 aromatic heterocycles. The number of rotatable bonds is 6. The van der Waals surface area contributed by atoms with Gasteiger partial charge in [-0.05, 0) is 30.7 Å². The van der Waals surface area contributed by atoms with Crippen LogP contribution in [0.3, 0.4) is 0 Å². The van der Waals surface area contributed by atoms with Crippen LogP contribution in [0, 0.1) is 6.92 Å². The lowest BCUT2D eigenvalue weighted by molar-refractivity contribution is -0.133. The molecule has 0 aliphatic carbocycles. The summed E-state index contributed by atoms with van der Waals surface area (Å²) >= 11 is 0. The molecule has 0 spiro atoms. The van der Waals surface area contributed by atoms with Crippen molar-refractivity contribution in [1.82, 2.24) is 10.2 Å². The lowest BCUT2D eigenvalue weighted by atomic mass is 10.1. The van der Waals surface area contributed by atoms with E-state index in [1.165, 1.54) is 5.56 Å². The first-order chi connectivity index (χ1) is 13.1. The number of carbonyl (C=O) groups excluding carboxylic acids is 2. The summed E-state index contributed by atoms with van der Waals surface area (Å²) in [6, 6.07) is 13.3. The zero-order valence-electron chi connectivity index (χ0n) is 15.7. The molecule has 0 bridgehead atoms. The second-order valence-electron chi connectivity index (χ2n) is 6.59. The zero-order chi connectivity index (χ0) is 19.2. The number of methoxy groups -OCH3 is 1. The lowest BCUT2D eigenvalue weighted by Gasteiger charge is -2.19. The van der Waals surface area contributed by atoms with Crippen LogP contribution >= 0.6 is 0 Å². The minimum atomic E-state index is -0.155. The minimum absolute atomic E-state index is 0.00428. The van der Waals surface area contributed by atoms with Gasteiger partial charge in [-0.15, -0.1) is 0 Å². The third-order valence-corrected chi connectivity index (χ3v) is 4.53. The molecule has 0 fully saturated rings. The Kier molecular flexibility index (Phi) is 6.08. The van der Waals surface area contributed by atoms with E-state index in [0.29, 0.717) is 37.6 Å². The van der Waals surface area contributed by atoms with Crippen LogP contribution in [-0.4, -0.2) is 43.6 Å². The fourth-order valence-corrected chi connectivity index (χ4v) is 2.91. The quantitative estimate of drug-likeness (QED) is 0.850. The summed E-state index contributed by atoms with van der Waals surface area (Å²) in [5.41, 5.74) is 3.59. The van der Waals surface area contributed by atoms with E-state index in [4.69, 9.17) is 9.47 Å². The monoisotopic (exact) mass is 368 g/mol. The van der Waals surface area contributed by atoms with Gasteiger partial charge in [-0.1, -0.05) is 29.8 Å². The number of carbonyl (C=O) groups is 2. The first kappa shape index (κ1) is 18.9. The SMILES string of the molecule is COCCN1Cc2cc(C(=O)NCc3ccc(C)cc3)ccc2OCC1=O. The molecule has 1 aliphatic heterocycles. The van der Waals surface area contributed by atoms with Crippen molar-refractivity contribution in [3.8, 4) is 5.75 Å². The van der Waals surface area contributed by atoms with Crippen molar-refractivity contribution < 1.29 is 19.1 Å². The third kappa shape index (κ3) is 4.86. The number of nitrogens with one attached hydrogen (secondary N) is 1. The maximum atomic E-state index is 12.5. The molecule has 0 atom stereocenters. The second-order valence-corrected chi connectivity index (χ2v) is 6.59. The number of aryl methyl sites for hydroxylation is 1. The Hall–Kier alpha value is -2.86. The van der Waals surface area contributed by atoms with E-state index >= 15 is 0 Å². The van der Waals surface area contributed by atoms with Crippen LogP contribution in [0.4, 0.5) is 0 Å². The van der Waals surface area contributed by atoms with Crippen molar-refractivity contribution in [3.05, 3.63) is 64.7 Å². The van der Waals surface area contributed by atoms with E-state index in [9.17, 15) is 9.59 Å². The highest BCUT2D eigenvalue weighted by molar-refractivity contribution is 5.94. The molecule has 0 unspecified atom stereocenters. The molecular formula is C21H24N2O4. The van der Waals surface area contributed by atoms with Crippen molar-refractivity contribution in [2.24, 2.45) is 0 Å². The summed E-state index contributed by atoms with van der Waals surface area (Å²) < 4.78 is 10.6. The van der Waals surface area contributed by atoms with Gasteiger partial charge in [-0.3, -0.25) is 9.59 Å². The van der Waals surface area contributed by atoms with Crippen molar-refractivity contribution >= 4 is 11.8 Å². The van der Waals surface area contributed by atoms with Crippen LogP contribution < -0.4 is 10.1 Å². The normalized spacial score (nSPS) is 13.6. The summed E-state index contributed by atoms with van der Waals surface area (Å²) in [5, 5.41) is 2.93. The molecule has 2 aromatic carbocycles. The Labute approximate surface area is 159 Å². The van der Waals surface area contributed by atoms with E-state index < -0.39 is 0 Å². The van der Waals surface area contributed by atoms with Crippen LogP contribution in [0.2, 0.25) is 0 Å². The molecule has 3 rings (SSSR count). The summed E-state index contributed by atoms with van der Waals surface area (Å²) in [4.78, 5) is 26.4. The van der Waals surface area contributed by atoms with E-state index in [0.717, 1.165) is 11.1 Å². The van der Waals surface area contributed by atoms with E-state index in [1.54, 1.807) is 30.2 Å². The average molecular weight is 368 g/mol. The van der Waals surface area contributed by atoms with E-state index in [2.05, 4.69) is 5.32 Å². The van der Waals surface area contributed by atoms with Gasteiger partial charge in [0.05, 0.1) is 6.61 Å². The molecule has 27 heavy (non-hydrogen) atoms. The standard InChI is InChI=1S/C21H24N2O4/c1-15-3-5-16(6-4-15)12-22-21(25)17-7-8-19-18(11-17)13-23(9-10-26-2)20(24)14-27-19/h3-8,11H,9-10,12-14H2,1-2H3,(H,22,25). The molecule has 2 aromatic rings. The zero-order valence-corrected chi connectivity index (χ0v) is 15.7. The lowest BCUT2D eigenvalue weighted by Crippen LogP contribution is -2.34. The predicted octanol–water partition coefficient (Wildman–Crippen LogP) is 2.29. The molecule has 1 aliphatic rings. The fraction of sp³-hybridized carbons (Fsp3) is 0.333. The van der Waals surface area contributed by atoms with Gasteiger partial charge < -0.3 is 19.7 Å². The first-order valence-corrected chi connectivity index (χ1v) is 8.93. The summed E-state index contributed by atoms with van der Waals surface area (Å²) in [6.07, 6.45) is 0. The summed E-state index contributed by atoms with van der Waals surface area (Å²) in [7, 11) is 1.60. The Morgan fingerprint density at radius 3 is 2.74 bits per heavy atom. The molecule has 1 heterocycles. The van der Waals surface area contributed by atoms with Gasteiger partial charge in [0.1, 0.15) is 5.75 Å². The minimum Gasteiger partial charge on any atom is -0.483 e. The Morgan fingerprint density at radius 2 is 2.00 bits per heavy atom. The number of hydrogen-bond donors (Lipinski definition) is 1. The fourth-order valence-electron chi connectivity index (χ4n) is 2.91. The largest absolute Gasteiger partial charge is 0.483 e. The van der Waals surface area contributed by atoms with Crippen LogP contribution in [0.5, 0.6) is 5.75 Å². The van der Waals surface area contributed by atoms with E-state index in [-0.39, 0.29) is 18.4 Å². The highest BCUT2D eigenvalue weighted by atomic mass is 16.5. The molecule has 0 saturated carbocycles. The molecule has 0 radical (unpaired) electrons. The van der Waals surface area contributed by atoms with Gasteiger partial charge in [0.2, 0.25) is 0 Å². The number of benzene rings is 2. The van der Waals surface area contributed by atoms with Crippen molar-refractivity contribution in [1.29, 1.82) is 0 Å². The molecule has 142 valence electrons. The predicted molar refractivity (Wildman–Crippen MR) is 102 cm³/mol. The topological polar surface area (TPSA) is 67.9 Å². The van der Waals surface area contributed by atoms with Crippen molar-refractivity contribution in [2.75, 3.05) is 26.9 Å². The van der Waals surface area contributed by atoms with Gasteiger partial charge >= 0.3 is 0 Å². The van der Waals surface area contributed by atoms with Gasteiger partial charge in [0.25, 0.3) is 11.8 Å². The van der Waals surface area contributed by atoms with Crippen LogP contribution in [-0.2, 0) is 22.6 Å². The number of hydrogen-bond acceptors (Lipinski definition) is 4. The molecule has 6 nitrogen and oxygen atoms in total. The van der Waals surface area contributed by atoms with Gasteiger partial charge in [0.15, 0.2) is 6.61 Å². The first-order valence-electron chi connectivity index (χ1n) is 8.93. The number of ether oxygens (including phenoxy) is 2. The Morgan fingerprint density at radius 1 is 1.22 bits per heavy atom. The average Bonchev–Trinajstić information content (AvgIpc) is 2.84. The van der Waals surface area contributed by atoms with Gasteiger partial charge in [-0.2, -0.15) is 0 Å². The maximum absolute atomic E-state index is 12.5. The third-order valence-electron chi connectivity index (χ3n) is 4.53. The molecule has 6 heteroatoms. The number of nitrogens with zero attached hydrogens (tertiary/aromatic N) is 1. The number of fused-ring (bicyclic) bond motifs is 1. The maximum Gasteiger partial charge on any atom is 0.260 e. The molecule has 0 saturated heterocycles. The van der Waals surface area contributed by atoms with Crippen LogP contribution in [0.25, 0.3) is 0 Å². The molecular weight excluding hydrogens is 344 g/mol. The Bertz CT molecular complexity index is 817. The Balaban J connectivity index is 1.69. The number of amides is 2. The summed E-state index contributed by atoms with van der Waals surface area (Å²) in [6.45, 7) is 3.83. The highest BCUT2D eigenvalue weighted by Crippen LogP contribution is 2.24.